The number of ether oxygens (including phenoxy) is 1. The SMILES string of the molecule is CCc1cc(CC(C)(O)c2ccccc2OC)n(CC)n1. The third kappa shape index (κ3) is 3.27. The first-order valence-electron chi connectivity index (χ1n) is 7.43. The van der Waals surface area contributed by atoms with E-state index >= 15 is 0 Å². The van der Waals surface area contributed by atoms with E-state index in [4.69, 9.17) is 4.74 Å². The van der Waals surface area contributed by atoms with E-state index in [1.54, 1.807) is 7.11 Å². The standard InChI is InChI=1S/C17H24N2O2/c1-5-13-11-14(19(6-2)18-13)12-17(3,20)15-9-7-8-10-16(15)21-4/h7-11,20H,5-6,12H2,1-4H3. The molecule has 114 valence electrons. The van der Waals surface area contributed by atoms with E-state index in [2.05, 4.69) is 25.0 Å². The van der Waals surface area contributed by atoms with Gasteiger partial charge in [0.1, 0.15) is 5.75 Å². The van der Waals surface area contributed by atoms with Gasteiger partial charge in [-0.05, 0) is 32.4 Å². The summed E-state index contributed by atoms with van der Waals surface area (Å²) in [7, 11) is 1.63. The molecule has 0 amide bonds. The molecule has 0 fully saturated rings. The Hall–Kier alpha value is -1.81. The number of nitrogens with zero attached hydrogens (tertiary/aromatic N) is 2. The highest BCUT2D eigenvalue weighted by Crippen LogP contribution is 2.32. The second-order valence-electron chi connectivity index (χ2n) is 5.45. The van der Waals surface area contributed by atoms with E-state index in [-0.39, 0.29) is 0 Å². The van der Waals surface area contributed by atoms with E-state index in [1.165, 1.54) is 0 Å². The molecule has 1 aromatic heterocycles. The van der Waals surface area contributed by atoms with Crippen LogP contribution in [0, 0.1) is 0 Å². The monoisotopic (exact) mass is 288 g/mol. The van der Waals surface area contributed by atoms with Gasteiger partial charge in [0, 0.05) is 24.2 Å². The lowest BCUT2D eigenvalue weighted by molar-refractivity contribution is 0.0528. The summed E-state index contributed by atoms with van der Waals surface area (Å²) in [5.41, 5.74) is 1.91. The fraction of sp³-hybridized carbons (Fsp3) is 0.471. The third-order valence-electron chi connectivity index (χ3n) is 3.79. The van der Waals surface area contributed by atoms with Crippen molar-refractivity contribution in [2.75, 3.05) is 7.11 Å². The smallest absolute Gasteiger partial charge is 0.124 e. The summed E-state index contributed by atoms with van der Waals surface area (Å²) in [5.74, 6) is 0.709. The van der Waals surface area contributed by atoms with Crippen LogP contribution in [0.2, 0.25) is 0 Å². The highest BCUT2D eigenvalue weighted by atomic mass is 16.5. The summed E-state index contributed by atoms with van der Waals surface area (Å²) in [5, 5.41) is 15.5. The molecular formula is C17H24N2O2. The van der Waals surface area contributed by atoms with Gasteiger partial charge >= 0.3 is 0 Å². The Morgan fingerprint density at radius 2 is 2.00 bits per heavy atom. The molecule has 0 radical (unpaired) electrons. The Balaban J connectivity index is 2.34. The molecule has 1 heterocycles. The highest BCUT2D eigenvalue weighted by Gasteiger charge is 2.28. The van der Waals surface area contributed by atoms with E-state index < -0.39 is 5.60 Å². The average molecular weight is 288 g/mol. The van der Waals surface area contributed by atoms with Gasteiger partial charge in [-0.25, -0.2) is 0 Å². The Morgan fingerprint density at radius 3 is 2.62 bits per heavy atom. The number of hydrogen-bond acceptors (Lipinski definition) is 3. The van der Waals surface area contributed by atoms with Gasteiger partial charge in [0.25, 0.3) is 0 Å². The van der Waals surface area contributed by atoms with Crippen LogP contribution in [-0.2, 0) is 25.0 Å². The predicted molar refractivity (Wildman–Crippen MR) is 83.5 cm³/mol. The van der Waals surface area contributed by atoms with Gasteiger partial charge in [-0.1, -0.05) is 25.1 Å². The first-order valence-corrected chi connectivity index (χ1v) is 7.43. The minimum Gasteiger partial charge on any atom is -0.496 e. The van der Waals surface area contributed by atoms with Gasteiger partial charge in [0.15, 0.2) is 0 Å². The van der Waals surface area contributed by atoms with E-state index in [9.17, 15) is 5.11 Å². The molecule has 0 bridgehead atoms. The molecule has 0 saturated carbocycles. The number of aromatic nitrogens is 2. The maximum absolute atomic E-state index is 10.9. The zero-order valence-corrected chi connectivity index (χ0v) is 13.3. The van der Waals surface area contributed by atoms with Crippen molar-refractivity contribution in [2.24, 2.45) is 0 Å². The third-order valence-corrected chi connectivity index (χ3v) is 3.79. The van der Waals surface area contributed by atoms with Crippen molar-refractivity contribution in [3.63, 3.8) is 0 Å². The van der Waals surface area contributed by atoms with Gasteiger partial charge in [0.05, 0.1) is 18.4 Å². The lowest BCUT2D eigenvalue weighted by atomic mass is 9.90. The number of aliphatic hydroxyl groups is 1. The topological polar surface area (TPSA) is 47.3 Å². The van der Waals surface area contributed by atoms with Crippen LogP contribution in [0.5, 0.6) is 5.75 Å². The zero-order valence-electron chi connectivity index (χ0n) is 13.3. The minimum atomic E-state index is -0.995. The normalized spacial score (nSPS) is 14.0. The molecule has 1 unspecified atom stereocenters. The van der Waals surface area contributed by atoms with Gasteiger partial charge in [-0.15, -0.1) is 0 Å². The van der Waals surface area contributed by atoms with Crippen LogP contribution in [0.15, 0.2) is 30.3 Å². The Kier molecular flexibility index (Phi) is 4.68. The molecule has 0 spiro atoms. The molecule has 0 aliphatic rings. The molecule has 1 atom stereocenters. The predicted octanol–water partition coefficient (Wildman–Crippen LogP) is 2.92. The van der Waals surface area contributed by atoms with Crippen LogP contribution in [0.3, 0.4) is 0 Å². The summed E-state index contributed by atoms with van der Waals surface area (Å²) in [6.45, 7) is 6.78. The number of benzene rings is 1. The van der Waals surface area contributed by atoms with Crippen molar-refractivity contribution in [3.05, 3.63) is 47.3 Å². The van der Waals surface area contributed by atoms with E-state index in [1.807, 2.05) is 35.9 Å². The maximum Gasteiger partial charge on any atom is 0.124 e. The van der Waals surface area contributed by atoms with Gasteiger partial charge in [0.2, 0.25) is 0 Å². The number of aryl methyl sites for hydroxylation is 2. The quantitative estimate of drug-likeness (QED) is 0.889. The molecule has 4 heteroatoms. The molecule has 0 saturated heterocycles. The van der Waals surface area contributed by atoms with Crippen molar-refractivity contribution < 1.29 is 9.84 Å². The number of methoxy groups -OCH3 is 1. The number of hydrogen-bond donors (Lipinski definition) is 1. The van der Waals surface area contributed by atoms with Gasteiger partial charge < -0.3 is 9.84 Å². The molecule has 1 aromatic carbocycles. The molecule has 0 aliphatic heterocycles. The van der Waals surface area contributed by atoms with E-state index in [0.29, 0.717) is 12.2 Å². The number of rotatable bonds is 6. The van der Waals surface area contributed by atoms with Crippen molar-refractivity contribution in [1.82, 2.24) is 9.78 Å². The summed E-state index contributed by atoms with van der Waals surface area (Å²) in [4.78, 5) is 0. The van der Waals surface area contributed by atoms with Crippen molar-refractivity contribution in [1.29, 1.82) is 0 Å². The molecule has 2 rings (SSSR count). The van der Waals surface area contributed by atoms with Gasteiger partial charge in [-0.3, -0.25) is 4.68 Å². The van der Waals surface area contributed by atoms with Crippen LogP contribution in [-0.4, -0.2) is 22.0 Å². The fourth-order valence-corrected chi connectivity index (χ4v) is 2.64. The first kappa shape index (κ1) is 15.6. The second-order valence-corrected chi connectivity index (χ2v) is 5.45. The molecule has 4 nitrogen and oxygen atoms in total. The largest absolute Gasteiger partial charge is 0.496 e. The Morgan fingerprint density at radius 1 is 1.29 bits per heavy atom. The molecule has 21 heavy (non-hydrogen) atoms. The van der Waals surface area contributed by atoms with Crippen molar-refractivity contribution in [2.45, 2.75) is 45.8 Å². The Bertz CT molecular complexity index is 603. The summed E-state index contributed by atoms with van der Waals surface area (Å²) >= 11 is 0. The van der Waals surface area contributed by atoms with Crippen LogP contribution in [0.25, 0.3) is 0 Å². The minimum absolute atomic E-state index is 0.508. The lowest BCUT2D eigenvalue weighted by Crippen LogP contribution is -2.26. The molecular weight excluding hydrogens is 264 g/mol. The van der Waals surface area contributed by atoms with E-state index in [0.717, 1.165) is 29.9 Å². The summed E-state index contributed by atoms with van der Waals surface area (Å²) < 4.78 is 7.33. The summed E-state index contributed by atoms with van der Waals surface area (Å²) in [6.07, 6.45) is 1.41. The van der Waals surface area contributed by atoms with Crippen molar-refractivity contribution in [3.8, 4) is 5.75 Å². The fourth-order valence-electron chi connectivity index (χ4n) is 2.64. The molecule has 0 aliphatic carbocycles. The molecule has 1 N–H and O–H groups in total. The van der Waals surface area contributed by atoms with Crippen LogP contribution < -0.4 is 4.74 Å². The highest BCUT2D eigenvalue weighted by molar-refractivity contribution is 5.38. The first-order chi connectivity index (χ1) is 10.0. The maximum atomic E-state index is 10.9. The second kappa shape index (κ2) is 6.31. The van der Waals surface area contributed by atoms with Gasteiger partial charge in [-0.2, -0.15) is 5.10 Å². The lowest BCUT2D eigenvalue weighted by Gasteiger charge is -2.26. The van der Waals surface area contributed by atoms with Crippen molar-refractivity contribution >= 4 is 0 Å². The number of para-hydroxylation sites is 1. The average Bonchev–Trinajstić information content (AvgIpc) is 2.88. The van der Waals surface area contributed by atoms with Crippen LogP contribution in [0.4, 0.5) is 0 Å². The zero-order chi connectivity index (χ0) is 15.5. The summed E-state index contributed by atoms with van der Waals surface area (Å²) in [6, 6.07) is 9.68. The van der Waals surface area contributed by atoms with Crippen LogP contribution in [0.1, 0.15) is 37.7 Å². The Labute approximate surface area is 126 Å². The molecule has 2 aromatic rings. The van der Waals surface area contributed by atoms with Crippen LogP contribution >= 0.6 is 0 Å².